The Labute approximate surface area is 307 Å². The molecule has 0 spiro atoms. The van der Waals surface area contributed by atoms with E-state index in [1.54, 1.807) is 12.1 Å². The highest BCUT2D eigenvalue weighted by Crippen LogP contribution is 2.63. The summed E-state index contributed by atoms with van der Waals surface area (Å²) in [6, 6.07) is 13.5. The van der Waals surface area contributed by atoms with Crippen molar-refractivity contribution in [2.75, 3.05) is 13.2 Å². The van der Waals surface area contributed by atoms with Crippen molar-refractivity contribution in [3.05, 3.63) is 71.8 Å². The first-order valence-electron chi connectivity index (χ1n) is 18.8. The maximum absolute atomic E-state index is 13.5. The van der Waals surface area contributed by atoms with Crippen LogP contribution in [0.25, 0.3) is 5.69 Å². The zero-order valence-electron chi connectivity index (χ0n) is 31.9. The molecule has 11 heteroatoms. The third kappa shape index (κ3) is 7.45. The first-order valence-corrected chi connectivity index (χ1v) is 21.7. The molecule has 1 N–H and O–H groups in total. The van der Waals surface area contributed by atoms with E-state index in [9.17, 15) is 22.4 Å². The normalized spacial score (nSPS) is 29.3. The summed E-state index contributed by atoms with van der Waals surface area (Å²) in [5.74, 6) is -0.197. The molecule has 6 nitrogen and oxygen atoms in total. The second kappa shape index (κ2) is 13.9. The quantitative estimate of drug-likeness (QED) is 0.175. The number of carbonyl (C=O) groups is 1. The van der Waals surface area contributed by atoms with Gasteiger partial charge in [0.1, 0.15) is 17.3 Å². The highest BCUT2D eigenvalue weighted by Gasteiger charge is 2.58. The summed E-state index contributed by atoms with van der Waals surface area (Å²) in [4.78, 5) is 12.2. The average molecular weight is 742 g/mol. The standard InChI is InChI=1S/C41H55F4N3O3Si/c1-26-9-18-34-33(23-46-37(49)41(43,44)45)35(19-20-39(26,34)5)40(6)22-27-24-48(47-36(27)21-28(40)25-50-52(7,8)38(2,3)4)30-12-16-32(17-13-30)51-31-14-10-29(42)11-15-31/h10-17,24,26,28,33-35H,9,18-23,25H2,1-8H3,(H,46,49)/t26-,28+,33-,34-,35-,39+,40-/m0/s1. The van der Waals surface area contributed by atoms with Crippen molar-refractivity contribution in [2.24, 2.45) is 40.4 Å². The van der Waals surface area contributed by atoms with Crippen LogP contribution in [0.4, 0.5) is 17.6 Å². The minimum Gasteiger partial charge on any atom is -0.457 e. The largest absolute Gasteiger partial charge is 0.471 e. The van der Waals surface area contributed by atoms with E-state index in [2.05, 4.69) is 66.2 Å². The molecule has 3 aliphatic carbocycles. The SMILES string of the molecule is C[C@H]1CC[C@H]2[C@H](CNC(=O)C(F)(F)F)[C@@H]([C@@]3(C)Cc4cn(-c5ccc(Oc6ccc(F)cc6)cc5)nc4C[C@@H]3CO[Si](C)(C)C(C)(C)C)CC[C@]12C. The summed E-state index contributed by atoms with van der Waals surface area (Å²) in [6.07, 6.45) is 2.55. The Morgan fingerprint density at radius 2 is 1.58 bits per heavy atom. The molecule has 1 aromatic heterocycles. The molecule has 2 saturated carbocycles. The van der Waals surface area contributed by atoms with Crippen molar-refractivity contribution in [3.8, 4) is 17.2 Å². The lowest BCUT2D eigenvalue weighted by molar-refractivity contribution is -0.174. The molecule has 3 aliphatic rings. The molecule has 1 amide bonds. The Bertz CT molecular complexity index is 1740. The number of alkyl halides is 3. The summed E-state index contributed by atoms with van der Waals surface area (Å²) in [7, 11) is -2.13. The highest BCUT2D eigenvalue weighted by molar-refractivity contribution is 6.74. The summed E-state index contributed by atoms with van der Waals surface area (Å²) in [5.41, 5.74) is 2.77. The zero-order chi connectivity index (χ0) is 37.9. The topological polar surface area (TPSA) is 65.4 Å². The Morgan fingerprint density at radius 3 is 2.19 bits per heavy atom. The number of rotatable bonds is 9. The van der Waals surface area contributed by atoms with Gasteiger partial charge in [-0.05, 0) is 151 Å². The fourth-order valence-electron chi connectivity index (χ4n) is 9.40. The van der Waals surface area contributed by atoms with Gasteiger partial charge in [-0.3, -0.25) is 4.79 Å². The lowest BCUT2D eigenvalue weighted by Crippen LogP contribution is -2.55. The van der Waals surface area contributed by atoms with Gasteiger partial charge in [0.15, 0.2) is 8.32 Å². The van der Waals surface area contributed by atoms with Crippen LogP contribution in [0.15, 0.2) is 54.7 Å². The van der Waals surface area contributed by atoms with Crippen LogP contribution in [-0.2, 0) is 22.1 Å². The second-order valence-electron chi connectivity index (χ2n) is 17.9. The molecule has 1 heterocycles. The zero-order valence-corrected chi connectivity index (χ0v) is 32.9. The molecule has 3 aromatic rings. The number of ether oxygens (including phenoxy) is 1. The van der Waals surface area contributed by atoms with Gasteiger partial charge in [-0.1, -0.05) is 41.5 Å². The molecular formula is C41H55F4N3O3Si. The number of fused-ring (bicyclic) bond motifs is 2. The Morgan fingerprint density at radius 1 is 0.962 bits per heavy atom. The maximum Gasteiger partial charge on any atom is 0.471 e. The number of amides is 1. The number of nitrogens with zero attached hydrogens (tertiary/aromatic N) is 2. The van der Waals surface area contributed by atoms with E-state index >= 15 is 0 Å². The van der Waals surface area contributed by atoms with E-state index in [1.165, 1.54) is 12.1 Å². The van der Waals surface area contributed by atoms with Crippen LogP contribution in [0.3, 0.4) is 0 Å². The molecule has 0 unspecified atom stereocenters. The van der Waals surface area contributed by atoms with Crippen LogP contribution >= 0.6 is 0 Å². The van der Waals surface area contributed by atoms with Crippen molar-refractivity contribution in [1.29, 1.82) is 0 Å². The lowest BCUT2D eigenvalue weighted by atomic mass is 9.49. The highest BCUT2D eigenvalue weighted by atomic mass is 28.4. The van der Waals surface area contributed by atoms with Gasteiger partial charge in [-0.2, -0.15) is 18.3 Å². The Balaban J connectivity index is 1.32. The van der Waals surface area contributed by atoms with Crippen molar-refractivity contribution >= 4 is 14.2 Å². The Kier molecular flexibility index (Phi) is 10.3. The molecule has 0 bridgehead atoms. The van der Waals surface area contributed by atoms with Crippen LogP contribution in [0, 0.1) is 46.2 Å². The third-order valence-electron chi connectivity index (χ3n) is 13.9. The second-order valence-corrected chi connectivity index (χ2v) is 22.7. The molecule has 7 atom stereocenters. The van der Waals surface area contributed by atoms with Crippen molar-refractivity contribution in [3.63, 3.8) is 0 Å². The number of aromatic nitrogens is 2. The van der Waals surface area contributed by atoms with Gasteiger partial charge in [-0.25, -0.2) is 9.07 Å². The van der Waals surface area contributed by atoms with Crippen LogP contribution in [0.2, 0.25) is 18.1 Å². The number of benzene rings is 2. The predicted octanol–water partition coefficient (Wildman–Crippen LogP) is 10.3. The van der Waals surface area contributed by atoms with E-state index in [4.69, 9.17) is 14.3 Å². The van der Waals surface area contributed by atoms with Gasteiger partial charge >= 0.3 is 12.1 Å². The van der Waals surface area contributed by atoms with Crippen LogP contribution in [-0.4, -0.2) is 43.3 Å². The van der Waals surface area contributed by atoms with Crippen molar-refractivity contribution < 1.29 is 31.5 Å². The smallest absolute Gasteiger partial charge is 0.457 e. The molecule has 6 rings (SSSR count). The van der Waals surface area contributed by atoms with Crippen LogP contribution < -0.4 is 10.1 Å². The van der Waals surface area contributed by atoms with Crippen molar-refractivity contribution in [2.45, 2.75) is 104 Å². The summed E-state index contributed by atoms with van der Waals surface area (Å²) >= 11 is 0. The number of nitrogens with one attached hydrogen (secondary N) is 1. The van der Waals surface area contributed by atoms with Crippen LogP contribution in [0.1, 0.15) is 78.5 Å². The molecule has 2 aromatic carbocycles. The molecule has 0 saturated heterocycles. The maximum atomic E-state index is 13.5. The fourth-order valence-corrected chi connectivity index (χ4v) is 10.4. The van der Waals surface area contributed by atoms with Gasteiger partial charge in [0.05, 0.1) is 11.4 Å². The van der Waals surface area contributed by atoms with E-state index in [-0.39, 0.29) is 51.9 Å². The Hall–Kier alpha value is -3.18. The van der Waals surface area contributed by atoms with E-state index in [1.807, 2.05) is 28.9 Å². The molecule has 284 valence electrons. The van der Waals surface area contributed by atoms with Gasteiger partial charge in [-0.15, -0.1) is 0 Å². The first-order chi connectivity index (χ1) is 24.2. The van der Waals surface area contributed by atoms with Gasteiger partial charge in [0.2, 0.25) is 0 Å². The van der Waals surface area contributed by atoms with Gasteiger partial charge in [0.25, 0.3) is 0 Å². The summed E-state index contributed by atoms with van der Waals surface area (Å²) in [6.45, 7) is 18.8. The summed E-state index contributed by atoms with van der Waals surface area (Å²) in [5, 5.41) is 7.46. The predicted molar refractivity (Wildman–Crippen MR) is 197 cm³/mol. The number of hydrogen-bond acceptors (Lipinski definition) is 4. The lowest BCUT2D eigenvalue weighted by Gasteiger charge is -2.57. The molecule has 52 heavy (non-hydrogen) atoms. The van der Waals surface area contributed by atoms with Crippen LogP contribution in [0.5, 0.6) is 11.5 Å². The number of halogens is 4. The molecule has 0 radical (unpaired) electrons. The average Bonchev–Trinajstić information content (AvgIpc) is 3.61. The van der Waals surface area contributed by atoms with E-state index in [0.29, 0.717) is 30.4 Å². The van der Waals surface area contributed by atoms with E-state index < -0.39 is 20.4 Å². The third-order valence-corrected chi connectivity index (χ3v) is 18.4. The fraction of sp³-hybridized carbons (Fsp3) is 0.610. The van der Waals surface area contributed by atoms with Gasteiger partial charge < -0.3 is 14.5 Å². The molecule has 0 aliphatic heterocycles. The number of carbonyl (C=O) groups excluding carboxylic acids is 1. The van der Waals surface area contributed by atoms with Gasteiger partial charge in [0, 0.05) is 19.3 Å². The van der Waals surface area contributed by atoms with E-state index in [0.717, 1.165) is 49.0 Å². The minimum absolute atomic E-state index is 0.0223. The monoisotopic (exact) mass is 741 g/mol. The number of hydrogen-bond donors (Lipinski definition) is 1. The molecular weight excluding hydrogens is 687 g/mol. The summed E-state index contributed by atoms with van der Waals surface area (Å²) < 4.78 is 68.6. The first kappa shape index (κ1) is 38.5. The molecule has 2 fully saturated rings. The minimum atomic E-state index is -4.92. The van der Waals surface area contributed by atoms with Crippen molar-refractivity contribution in [1.82, 2.24) is 15.1 Å².